The van der Waals surface area contributed by atoms with Gasteiger partial charge in [0.1, 0.15) is 0 Å². The molecule has 1 aliphatic rings. The maximum atomic E-state index is 3.81. The van der Waals surface area contributed by atoms with Crippen LogP contribution in [0.2, 0.25) is 0 Å². The van der Waals surface area contributed by atoms with Crippen LogP contribution in [0.15, 0.2) is 0 Å². The summed E-state index contributed by atoms with van der Waals surface area (Å²) in [5.74, 6) is 0.956. The molecule has 0 radical (unpaired) electrons. The highest BCUT2D eigenvalue weighted by atomic mass is 15.0. The topological polar surface area (TPSA) is 24.1 Å². The molecule has 0 atom stereocenters. The lowest BCUT2D eigenvalue weighted by Gasteiger charge is -2.33. The zero-order valence-corrected chi connectivity index (χ0v) is 11.4. The predicted octanol–water partition coefficient (Wildman–Crippen LogP) is 2.93. The summed E-state index contributed by atoms with van der Waals surface area (Å²) in [6, 6.07) is 0. The summed E-state index contributed by atoms with van der Waals surface area (Å²) < 4.78 is 0. The Balaban J connectivity index is 2.21. The molecule has 1 aliphatic heterocycles. The van der Waals surface area contributed by atoms with Gasteiger partial charge in [-0.3, -0.25) is 0 Å². The molecule has 0 aromatic rings. The zero-order chi connectivity index (χ0) is 11.9. The Kier molecular flexibility index (Phi) is 6.37. The molecule has 2 heteroatoms. The van der Waals surface area contributed by atoms with Gasteiger partial charge in [0.15, 0.2) is 0 Å². The van der Waals surface area contributed by atoms with Gasteiger partial charge in [-0.15, -0.1) is 0 Å². The van der Waals surface area contributed by atoms with Gasteiger partial charge in [0.25, 0.3) is 0 Å². The van der Waals surface area contributed by atoms with Gasteiger partial charge in [0.05, 0.1) is 0 Å². The van der Waals surface area contributed by atoms with Crippen LogP contribution < -0.4 is 10.6 Å². The first-order chi connectivity index (χ1) is 7.76. The minimum Gasteiger partial charge on any atom is -0.317 e. The first-order valence-electron chi connectivity index (χ1n) is 7.22. The van der Waals surface area contributed by atoms with Gasteiger partial charge in [0, 0.05) is 5.54 Å². The minimum absolute atomic E-state index is 0.410. The van der Waals surface area contributed by atoms with Crippen molar-refractivity contribution >= 4 is 0 Å². The van der Waals surface area contributed by atoms with E-state index in [0.717, 1.165) is 5.92 Å². The smallest absolute Gasteiger partial charge is 0.0173 e. The molecule has 0 saturated carbocycles. The largest absolute Gasteiger partial charge is 0.317 e. The normalized spacial score (nSPS) is 18.9. The Morgan fingerprint density at radius 1 is 1.06 bits per heavy atom. The molecule has 2 nitrogen and oxygen atoms in total. The summed E-state index contributed by atoms with van der Waals surface area (Å²) in [5.41, 5.74) is 0.410. The van der Waals surface area contributed by atoms with Gasteiger partial charge < -0.3 is 10.6 Å². The third kappa shape index (κ3) is 4.06. The van der Waals surface area contributed by atoms with Gasteiger partial charge in [-0.25, -0.2) is 0 Å². The van der Waals surface area contributed by atoms with E-state index in [1.807, 2.05) is 0 Å². The van der Waals surface area contributed by atoms with E-state index in [9.17, 15) is 0 Å². The van der Waals surface area contributed by atoms with Gasteiger partial charge in [-0.1, -0.05) is 20.8 Å². The van der Waals surface area contributed by atoms with Crippen molar-refractivity contribution in [1.82, 2.24) is 10.6 Å². The molecule has 0 bridgehead atoms. The molecule has 1 saturated heterocycles. The van der Waals surface area contributed by atoms with Gasteiger partial charge >= 0.3 is 0 Å². The van der Waals surface area contributed by atoms with Crippen LogP contribution in [-0.4, -0.2) is 25.2 Å². The van der Waals surface area contributed by atoms with Crippen LogP contribution in [0.5, 0.6) is 0 Å². The van der Waals surface area contributed by atoms with Crippen LogP contribution in [0.3, 0.4) is 0 Å². The standard InChI is InChI=1S/C14H30N2/c1-4-14(5-2,6-3)16-12-9-13-7-10-15-11-8-13/h13,15-16H,4-12H2,1-3H3. The number of nitrogens with one attached hydrogen (secondary N) is 2. The van der Waals surface area contributed by atoms with Gasteiger partial charge in [0.2, 0.25) is 0 Å². The number of piperidine rings is 1. The van der Waals surface area contributed by atoms with E-state index in [1.165, 1.54) is 58.2 Å². The molecule has 0 aromatic carbocycles. The summed E-state index contributed by atoms with van der Waals surface area (Å²) in [6.45, 7) is 10.6. The molecule has 1 fully saturated rings. The Bertz CT molecular complexity index is 161. The van der Waals surface area contributed by atoms with Crippen molar-refractivity contribution in [2.75, 3.05) is 19.6 Å². The van der Waals surface area contributed by atoms with Crippen molar-refractivity contribution in [3.63, 3.8) is 0 Å². The maximum absolute atomic E-state index is 3.81. The Morgan fingerprint density at radius 3 is 2.12 bits per heavy atom. The minimum atomic E-state index is 0.410. The van der Waals surface area contributed by atoms with Crippen molar-refractivity contribution < 1.29 is 0 Å². The Labute approximate surface area is 102 Å². The fourth-order valence-electron chi connectivity index (χ4n) is 2.84. The molecule has 0 aliphatic carbocycles. The predicted molar refractivity (Wildman–Crippen MR) is 71.8 cm³/mol. The second-order valence-electron chi connectivity index (χ2n) is 5.25. The third-order valence-corrected chi connectivity index (χ3v) is 4.54. The van der Waals surface area contributed by atoms with Crippen LogP contribution in [0, 0.1) is 5.92 Å². The SMILES string of the molecule is CCC(CC)(CC)NCCC1CCNCC1. The van der Waals surface area contributed by atoms with Crippen LogP contribution in [0.1, 0.15) is 59.3 Å². The summed E-state index contributed by atoms with van der Waals surface area (Å²) in [7, 11) is 0. The molecule has 0 amide bonds. The quantitative estimate of drug-likeness (QED) is 0.697. The fraction of sp³-hybridized carbons (Fsp3) is 1.00. The average Bonchev–Trinajstić information content (AvgIpc) is 2.37. The van der Waals surface area contributed by atoms with Crippen LogP contribution in [-0.2, 0) is 0 Å². The monoisotopic (exact) mass is 226 g/mol. The molecular formula is C14H30N2. The number of rotatable bonds is 7. The zero-order valence-electron chi connectivity index (χ0n) is 11.4. The lowest BCUT2D eigenvalue weighted by atomic mass is 9.88. The molecule has 16 heavy (non-hydrogen) atoms. The van der Waals surface area contributed by atoms with E-state index in [-0.39, 0.29) is 0 Å². The molecular weight excluding hydrogens is 196 g/mol. The Morgan fingerprint density at radius 2 is 1.62 bits per heavy atom. The van der Waals surface area contributed by atoms with E-state index in [1.54, 1.807) is 0 Å². The fourth-order valence-corrected chi connectivity index (χ4v) is 2.84. The van der Waals surface area contributed by atoms with E-state index in [4.69, 9.17) is 0 Å². The molecule has 96 valence electrons. The summed E-state index contributed by atoms with van der Waals surface area (Å²) >= 11 is 0. The van der Waals surface area contributed by atoms with Crippen molar-refractivity contribution in [3.8, 4) is 0 Å². The second-order valence-corrected chi connectivity index (χ2v) is 5.25. The maximum Gasteiger partial charge on any atom is 0.0173 e. The van der Waals surface area contributed by atoms with E-state index >= 15 is 0 Å². The first-order valence-corrected chi connectivity index (χ1v) is 7.22. The molecule has 0 spiro atoms. The van der Waals surface area contributed by atoms with Crippen LogP contribution in [0.25, 0.3) is 0 Å². The summed E-state index contributed by atoms with van der Waals surface area (Å²) in [4.78, 5) is 0. The highest BCUT2D eigenvalue weighted by molar-refractivity contribution is 4.84. The van der Waals surface area contributed by atoms with Crippen LogP contribution in [0.4, 0.5) is 0 Å². The van der Waals surface area contributed by atoms with Crippen molar-refractivity contribution in [2.45, 2.75) is 64.8 Å². The average molecular weight is 226 g/mol. The summed E-state index contributed by atoms with van der Waals surface area (Å²) in [6.07, 6.45) is 7.88. The van der Waals surface area contributed by atoms with Crippen molar-refractivity contribution in [1.29, 1.82) is 0 Å². The lowest BCUT2D eigenvalue weighted by molar-refractivity contribution is 0.268. The van der Waals surface area contributed by atoms with E-state index in [0.29, 0.717) is 5.54 Å². The molecule has 0 aromatic heterocycles. The lowest BCUT2D eigenvalue weighted by Crippen LogP contribution is -2.44. The van der Waals surface area contributed by atoms with Crippen molar-refractivity contribution in [3.05, 3.63) is 0 Å². The van der Waals surface area contributed by atoms with E-state index in [2.05, 4.69) is 31.4 Å². The van der Waals surface area contributed by atoms with Crippen molar-refractivity contribution in [2.24, 2.45) is 5.92 Å². The second kappa shape index (κ2) is 7.29. The van der Waals surface area contributed by atoms with E-state index < -0.39 is 0 Å². The highest BCUT2D eigenvalue weighted by Gasteiger charge is 2.23. The van der Waals surface area contributed by atoms with Crippen LogP contribution >= 0.6 is 0 Å². The third-order valence-electron chi connectivity index (χ3n) is 4.54. The molecule has 0 unspecified atom stereocenters. The highest BCUT2D eigenvalue weighted by Crippen LogP contribution is 2.20. The molecule has 2 N–H and O–H groups in total. The first kappa shape index (κ1) is 14.0. The van der Waals surface area contributed by atoms with Gasteiger partial charge in [-0.2, -0.15) is 0 Å². The number of hydrogen-bond acceptors (Lipinski definition) is 2. The number of hydrogen-bond donors (Lipinski definition) is 2. The van der Waals surface area contributed by atoms with Gasteiger partial charge in [-0.05, 0) is 64.1 Å². The summed E-state index contributed by atoms with van der Waals surface area (Å²) in [5, 5.41) is 7.24. The molecule has 1 rings (SSSR count). The Hall–Kier alpha value is -0.0800. The molecule has 1 heterocycles.